The van der Waals surface area contributed by atoms with Crippen molar-refractivity contribution in [2.24, 2.45) is 0 Å². The molecule has 0 fully saturated rings. The largest absolute Gasteiger partial charge is 0.355 e. The quantitative estimate of drug-likeness (QED) is 0.279. The van der Waals surface area contributed by atoms with Gasteiger partial charge in [-0.3, -0.25) is 9.48 Å². The summed E-state index contributed by atoms with van der Waals surface area (Å²) in [7, 11) is 0. The molecule has 13 heteroatoms. The first-order valence-electron chi connectivity index (χ1n) is 10.6. The fourth-order valence-corrected chi connectivity index (χ4v) is 3.94. The summed E-state index contributed by atoms with van der Waals surface area (Å²) in [4.78, 5) is 25.7. The molecular formula is C20H25N11OS. The van der Waals surface area contributed by atoms with Gasteiger partial charge in [-0.15, -0.1) is 10.2 Å². The highest BCUT2D eigenvalue weighted by Gasteiger charge is 2.19. The van der Waals surface area contributed by atoms with E-state index in [0.29, 0.717) is 42.5 Å². The number of hydrogen-bond donors (Lipinski definition) is 3. The van der Waals surface area contributed by atoms with Crippen molar-refractivity contribution in [3.8, 4) is 0 Å². The van der Waals surface area contributed by atoms with Crippen LogP contribution in [0.25, 0.3) is 5.78 Å². The molecule has 3 heterocycles. The highest BCUT2D eigenvalue weighted by molar-refractivity contribution is 7.99. The number of nitrogens with zero attached hydrogens (tertiary/aromatic N) is 8. The van der Waals surface area contributed by atoms with E-state index in [0.717, 1.165) is 5.56 Å². The molecule has 0 radical (unpaired) electrons. The molecule has 3 aromatic heterocycles. The zero-order valence-corrected chi connectivity index (χ0v) is 19.2. The predicted octanol–water partition coefficient (Wildman–Crippen LogP) is 1.62. The minimum Gasteiger partial charge on any atom is -0.355 e. The van der Waals surface area contributed by atoms with Crippen molar-refractivity contribution >= 4 is 35.3 Å². The third kappa shape index (κ3) is 5.55. The van der Waals surface area contributed by atoms with Crippen LogP contribution < -0.4 is 16.0 Å². The zero-order chi connectivity index (χ0) is 23.0. The molecule has 0 aliphatic heterocycles. The second kappa shape index (κ2) is 10.7. The molecule has 4 aromatic rings. The van der Waals surface area contributed by atoms with E-state index in [9.17, 15) is 4.79 Å². The lowest BCUT2D eigenvalue weighted by Crippen LogP contribution is -2.32. The molecule has 3 N–H and O–H groups in total. The molecule has 0 aliphatic rings. The number of carbonyl (C=O) groups is 1. The van der Waals surface area contributed by atoms with Crippen molar-refractivity contribution in [3.63, 3.8) is 0 Å². The van der Waals surface area contributed by atoms with Gasteiger partial charge in [0, 0.05) is 13.1 Å². The first-order valence-corrected chi connectivity index (χ1v) is 11.6. The molecule has 0 spiro atoms. The third-order valence-electron chi connectivity index (χ3n) is 4.62. The minimum absolute atomic E-state index is 0.138. The Kier molecular flexibility index (Phi) is 7.29. The fourth-order valence-electron chi connectivity index (χ4n) is 3.20. The summed E-state index contributed by atoms with van der Waals surface area (Å²) in [5.74, 6) is 1.47. The van der Waals surface area contributed by atoms with Gasteiger partial charge in [0.1, 0.15) is 12.7 Å². The number of amides is 1. The average molecular weight is 468 g/mol. The molecule has 1 atom stereocenters. The van der Waals surface area contributed by atoms with E-state index in [1.807, 2.05) is 44.2 Å². The van der Waals surface area contributed by atoms with Crippen LogP contribution in [0.3, 0.4) is 0 Å². The Morgan fingerprint density at radius 1 is 1.09 bits per heavy atom. The fraction of sp³-hybridized carbons (Fsp3) is 0.350. The van der Waals surface area contributed by atoms with Gasteiger partial charge in [0.2, 0.25) is 17.8 Å². The van der Waals surface area contributed by atoms with Crippen molar-refractivity contribution in [3.05, 3.63) is 48.5 Å². The summed E-state index contributed by atoms with van der Waals surface area (Å²) in [6.45, 7) is 5.77. The first kappa shape index (κ1) is 22.5. The van der Waals surface area contributed by atoms with Gasteiger partial charge in [-0.05, 0) is 19.4 Å². The average Bonchev–Trinajstić information content (AvgIpc) is 3.48. The molecule has 12 nitrogen and oxygen atoms in total. The minimum atomic E-state index is -0.250. The van der Waals surface area contributed by atoms with Crippen LogP contribution in [-0.2, 0) is 11.3 Å². The summed E-state index contributed by atoms with van der Waals surface area (Å²) in [5.41, 5.74) is 0.984. The summed E-state index contributed by atoms with van der Waals surface area (Å²) < 4.78 is 3.41. The van der Waals surface area contributed by atoms with Gasteiger partial charge in [-0.1, -0.05) is 42.1 Å². The maximum Gasteiger partial charge on any atom is 0.261 e. The molecule has 33 heavy (non-hydrogen) atoms. The molecule has 0 saturated heterocycles. The number of nitrogens with one attached hydrogen (secondary N) is 3. The molecule has 172 valence electrons. The lowest BCUT2D eigenvalue weighted by atomic mass is 10.1. The number of aromatic nitrogens is 8. The maximum atomic E-state index is 12.8. The van der Waals surface area contributed by atoms with Gasteiger partial charge >= 0.3 is 0 Å². The third-order valence-corrected chi connectivity index (χ3v) is 5.55. The second-order valence-corrected chi connectivity index (χ2v) is 7.93. The normalized spacial score (nSPS) is 11.9. The molecule has 1 unspecified atom stereocenters. The summed E-state index contributed by atoms with van der Waals surface area (Å²) in [6, 6.07) is 9.52. The van der Waals surface area contributed by atoms with Crippen LogP contribution in [0.1, 0.15) is 25.5 Å². The van der Waals surface area contributed by atoms with Crippen LogP contribution in [-0.4, -0.2) is 64.1 Å². The lowest BCUT2D eigenvalue weighted by Gasteiger charge is -2.19. The van der Waals surface area contributed by atoms with Crippen molar-refractivity contribution in [1.82, 2.24) is 44.6 Å². The number of thioether (sulfide) groups is 1. The first-order chi connectivity index (χ1) is 16.2. The molecule has 0 bridgehead atoms. The van der Waals surface area contributed by atoms with Crippen molar-refractivity contribution in [1.29, 1.82) is 0 Å². The van der Waals surface area contributed by atoms with Crippen LogP contribution in [0.4, 0.5) is 11.9 Å². The number of hydrogen-bond acceptors (Lipinski definition) is 10. The molecule has 4 rings (SSSR count). The maximum absolute atomic E-state index is 12.8. The number of anilines is 2. The highest BCUT2D eigenvalue weighted by atomic mass is 32.2. The van der Waals surface area contributed by atoms with E-state index >= 15 is 0 Å². The van der Waals surface area contributed by atoms with E-state index in [4.69, 9.17) is 0 Å². The Morgan fingerprint density at radius 2 is 1.91 bits per heavy atom. The Hall–Kier alpha value is -3.74. The zero-order valence-electron chi connectivity index (χ0n) is 18.3. The Balaban J connectivity index is 1.48. The van der Waals surface area contributed by atoms with Gasteiger partial charge in [-0.2, -0.15) is 15.1 Å². The van der Waals surface area contributed by atoms with Crippen LogP contribution in [0.15, 0.2) is 48.1 Å². The van der Waals surface area contributed by atoms with Crippen LogP contribution in [0.5, 0.6) is 0 Å². The Morgan fingerprint density at radius 3 is 2.64 bits per heavy atom. The van der Waals surface area contributed by atoms with Crippen LogP contribution in [0.2, 0.25) is 0 Å². The number of fused-ring (bicyclic) bond motifs is 1. The number of carbonyl (C=O) groups excluding carboxylic acids is 1. The molecule has 1 aromatic carbocycles. The van der Waals surface area contributed by atoms with Gasteiger partial charge in [0.25, 0.3) is 5.78 Å². The van der Waals surface area contributed by atoms with E-state index in [1.165, 1.54) is 18.1 Å². The van der Waals surface area contributed by atoms with Gasteiger partial charge < -0.3 is 16.0 Å². The van der Waals surface area contributed by atoms with Crippen molar-refractivity contribution in [2.45, 2.75) is 31.6 Å². The summed E-state index contributed by atoms with van der Waals surface area (Å²) >= 11 is 1.27. The monoisotopic (exact) mass is 467 g/mol. The number of rotatable bonds is 11. The van der Waals surface area contributed by atoms with Crippen LogP contribution in [0, 0.1) is 0 Å². The highest BCUT2D eigenvalue weighted by Crippen LogP contribution is 2.21. The summed E-state index contributed by atoms with van der Waals surface area (Å²) in [5, 5.41) is 22.4. The van der Waals surface area contributed by atoms with E-state index in [-0.39, 0.29) is 17.7 Å². The number of benzene rings is 1. The van der Waals surface area contributed by atoms with E-state index < -0.39 is 0 Å². The van der Waals surface area contributed by atoms with Crippen molar-refractivity contribution in [2.75, 3.05) is 29.5 Å². The molecule has 0 aliphatic carbocycles. The Bertz CT molecular complexity index is 1180. The van der Waals surface area contributed by atoms with Gasteiger partial charge in [0.05, 0.1) is 18.3 Å². The van der Waals surface area contributed by atoms with E-state index in [2.05, 4.69) is 46.2 Å². The van der Waals surface area contributed by atoms with Crippen LogP contribution >= 0.6 is 11.8 Å². The smallest absolute Gasteiger partial charge is 0.261 e. The summed E-state index contributed by atoms with van der Waals surface area (Å²) in [6.07, 6.45) is 3.10. The molecule has 1 amide bonds. The standard InChI is InChI=1S/C20H25N11OS/c1-3-22-17-26-18(23-4-2)31-19(27-17)28-29-20(31)33-11-16(32)25-15(10-30-13-21-12-24-30)14-8-6-5-7-9-14/h5-9,12-13,15H,3-4,10-11H2,1-2H3,(H,25,32)(H2,22,23,26,27,28). The lowest BCUT2D eigenvalue weighted by molar-refractivity contribution is -0.119. The second-order valence-electron chi connectivity index (χ2n) is 6.99. The molecule has 0 saturated carbocycles. The molecular weight excluding hydrogens is 442 g/mol. The van der Waals surface area contributed by atoms with Gasteiger partial charge in [-0.25, -0.2) is 9.38 Å². The Labute approximate surface area is 194 Å². The van der Waals surface area contributed by atoms with Gasteiger partial charge in [0.15, 0.2) is 5.16 Å². The van der Waals surface area contributed by atoms with E-state index in [1.54, 1.807) is 15.4 Å². The predicted molar refractivity (Wildman–Crippen MR) is 125 cm³/mol. The van der Waals surface area contributed by atoms with Crippen molar-refractivity contribution < 1.29 is 4.79 Å². The SMILES string of the molecule is CCNc1nc(NCC)n2c(SCC(=O)NC(Cn3cncn3)c3ccccc3)nnc2n1. The topological polar surface area (TPSA) is 140 Å².